The van der Waals surface area contributed by atoms with Gasteiger partial charge in [0.2, 0.25) is 0 Å². The van der Waals surface area contributed by atoms with E-state index in [-0.39, 0.29) is 11.0 Å². The summed E-state index contributed by atoms with van der Waals surface area (Å²) in [6.07, 6.45) is 0. The molecule has 2 nitrogen and oxygen atoms in total. The van der Waals surface area contributed by atoms with Crippen LogP contribution in [0.25, 0.3) is 0 Å². The number of fused-ring (bicyclic) bond motifs is 6. The van der Waals surface area contributed by atoms with Crippen LogP contribution in [0.5, 0.6) is 5.75 Å². The molecule has 3 aromatic carbocycles. The van der Waals surface area contributed by atoms with Crippen molar-refractivity contribution in [1.29, 1.82) is 0 Å². The van der Waals surface area contributed by atoms with Crippen LogP contribution in [0.3, 0.4) is 0 Å². The Balaban J connectivity index is 1.98. The molecule has 1 aliphatic carbocycles. The summed E-state index contributed by atoms with van der Waals surface area (Å²) >= 11 is 0. The first-order valence-electron chi connectivity index (χ1n) is 9.92. The predicted octanol–water partition coefficient (Wildman–Crippen LogP) is 5.89. The van der Waals surface area contributed by atoms with Gasteiger partial charge in [0.1, 0.15) is 11.4 Å². The van der Waals surface area contributed by atoms with Crippen LogP contribution in [0.1, 0.15) is 61.1 Å². The smallest absolute Gasteiger partial charge is 0.146 e. The molecule has 2 heteroatoms. The van der Waals surface area contributed by atoms with Gasteiger partial charge in [-0.3, -0.25) is 0 Å². The Hall–Kier alpha value is -2.58. The van der Waals surface area contributed by atoms with E-state index in [0.717, 1.165) is 5.75 Å². The minimum absolute atomic E-state index is 0.186. The lowest BCUT2D eigenvalue weighted by Gasteiger charge is -2.46. The highest BCUT2D eigenvalue weighted by Gasteiger charge is 2.57. The lowest BCUT2D eigenvalue weighted by atomic mass is 9.61. The zero-order valence-electron chi connectivity index (χ0n) is 17.2. The van der Waals surface area contributed by atoms with E-state index in [2.05, 4.69) is 94.4 Å². The van der Waals surface area contributed by atoms with Crippen LogP contribution in [0, 0.1) is 0 Å². The molecule has 1 unspecified atom stereocenters. The molecule has 0 amide bonds. The highest BCUT2D eigenvalue weighted by atomic mass is 16.5. The largest absolute Gasteiger partial charge is 0.496 e. The number of methoxy groups -OCH3 is 1. The van der Waals surface area contributed by atoms with Gasteiger partial charge in [0, 0.05) is 16.5 Å². The Morgan fingerprint density at radius 1 is 0.643 bits per heavy atom. The van der Waals surface area contributed by atoms with Crippen molar-refractivity contribution in [3.63, 3.8) is 0 Å². The SMILES string of the molecule is COc1cccc2c1C(C)(C)c1ccccc1C21OC(C)(C)c2ccccc21. The van der Waals surface area contributed by atoms with Gasteiger partial charge < -0.3 is 9.47 Å². The van der Waals surface area contributed by atoms with Crippen molar-refractivity contribution in [2.24, 2.45) is 0 Å². The third-order valence-electron chi connectivity index (χ3n) is 6.59. The first kappa shape index (κ1) is 17.5. The molecular formula is C26H26O2. The lowest BCUT2D eigenvalue weighted by molar-refractivity contribution is -0.0831. The molecule has 0 bridgehead atoms. The highest BCUT2D eigenvalue weighted by Crippen LogP contribution is 2.61. The molecule has 0 saturated heterocycles. The predicted molar refractivity (Wildman–Crippen MR) is 112 cm³/mol. The molecular weight excluding hydrogens is 344 g/mol. The Morgan fingerprint density at radius 3 is 1.82 bits per heavy atom. The van der Waals surface area contributed by atoms with E-state index in [1.54, 1.807) is 7.11 Å². The van der Waals surface area contributed by atoms with E-state index >= 15 is 0 Å². The minimum Gasteiger partial charge on any atom is -0.496 e. The van der Waals surface area contributed by atoms with Crippen LogP contribution < -0.4 is 4.74 Å². The number of hydrogen-bond acceptors (Lipinski definition) is 2. The fourth-order valence-electron chi connectivity index (χ4n) is 5.46. The summed E-state index contributed by atoms with van der Waals surface area (Å²) in [5.41, 5.74) is 6.21. The summed E-state index contributed by atoms with van der Waals surface area (Å²) in [7, 11) is 1.76. The van der Waals surface area contributed by atoms with E-state index in [0.29, 0.717) is 0 Å². The second kappa shape index (κ2) is 5.48. The van der Waals surface area contributed by atoms with Crippen molar-refractivity contribution in [2.45, 2.75) is 44.3 Å². The number of benzene rings is 3. The summed E-state index contributed by atoms with van der Waals surface area (Å²) in [6, 6.07) is 23.7. The molecule has 0 saturated carbocycles. The van der Waals surface area contributed by atoms with Crippen LogP contribution in [-0.4, -0.2) is 7.11 Å². The number of ether oxygens (including phenoxy) is 2. The second-order valence-electron chi connectivity index (χ2n) is 8.89. The van der Waals surface area contributed by atoms with E-state index in [9.17, 15) is 0 Å². The fourth-order valence-corrected chi connectivity index (χ4v) is 5.46. The van der Waals surface area contributed by atoms with Gasteiger partial charge in [0.05, 0.1) is 12.7 Å². The average Bonchev–Trinajstić information content (AvgIpc) is 2.95. The van der Waals surface area contributed by atoms with Gasteiger partial charge in [-0.05, 0) is 42.2 Å². The third kappa shape index (κ3) is 1.96. The zero-order valence-corrected chi connectivity index (χ0v) is 17.2. The maximum absolute atomic E-state index is 7.04. The summed E-state index contributed by atoms with van der Waals surface area (Å²) in [6.45, 7) is 8.91. The van der Waals surface area contributed by atoms with E-state index in [1.807, 2.05) is 0 Å². The molecule has 0 fully saturated rings. The molecule has 28 heavy (non-hydrogen) atoms. The Morgan fingerprint density at radius 2 is 1.18 bits per heavy atom. The monoisotopic (exact) mass is 370 g/mol. The van der Waals surface area contributed by atoms with Gasteiger partial charge in [-0.1, -0.05) is 74.5 Å². The summed E-state index contributed by atoms with van der Waals surface area (Å²) in [5.74, 6) is 0.919. The van der Waals surface area contributed by atoms with E-state index in [4.69, 9.17) is 9.47 Å². The second-order valence-corrected chi connectivity index (χ2v) is 8.89. The van der Waals surface area contributed by atoms with Crippen molar-refractivity contribution in [3.8, 4) is 5.75 Å². The number of hydrogen-bond donors (Lipinski definition) is 0. The van der Waals surface area contributed by atoms with Crippen LogP contribution in [0.2, 0.25) is 0 Å². The first-order valence-corrected chi connectivity index (χ1v) is 9.92. The molecule has 142 valence electrons. The molecule has 3 aromatic rings. The summed E-state index contributed by atoms with van der Waals surface area (Å²) < 4.78 is 12.9. The Kier molecular flexibility index (Phi) is 3.43. The molecule has 1 aliphatic heterocycles. The Labute approximate surface area is 167 Å². The quantitative estimate of drug-likeness (QED) is 0.531. The van der Waals surface area contributed by atoms with Crippen molar-refractivity contribution >= 4 is 0 Å². The van der Waals surface area contributed by atoms with Gasteiger partial charge in [0.15, 0.2) is 0 Å². The van der Waals surface area contributed by atoms with Crippen molar-refractivity contribution in [2.75, 3.05) is 7.11 Å². The normalized spacial score (nSPS) is 23.0. The van der Waals surface area contributed by atoms with Gasteiger partial charge >= 0.3 is 0 Å². The number of rotatable bonds is 1. The van der Waals surface area contributed by atoms with Gasteiger partial charge in [-0.15, -0.1) is 0 Å². The van der Waals surface area contributed by atoms with Gasteiger partial charge in [0.25, 0.3) is 0 Å². The molecule has 1 heterocycles. The van der Waals surface area contributed by atoms with Crippen molar-refractivity contribution in [1.82, 2.24) is 0 Å². The van der Waals surface area contributed by atoms with Crippen molar-refractivity contribution < 1.29 is 9.47 Å². The molecule has 0 N–H and O–H groups in total. The third-order valence-corrected chi connectivity index (χ3v) is 6.59. The molecule has 1 spiro atoms. The van der Waals surface area contributed by atoms with Crippen molar-refractivity contribution in [3.05, 3.63) is 100 Å². The van der Waals surface area contributed by atoms with Gasteiger partial charge in [-0.2, -0.15) is 0 Å². The average molecular weight is 370 g/mol. The van der Waals surface area contributed by atoms with E-state index < -0.39 is 5.60 Å². The molecule has 0 radical (unpaired) electrons. The molecule has 5 rings (SSSR count). The van der Waals surface area contributed by atoms with Crippen LogP contribution in [-0.2, 0) is 21.4 Å². The minimum atomic E-state index is -0.629. The fraction of sp³-hybridized carbons (Fsp3) is 0.308. The van der Waals surface area contributed by atoms with Crippen LogP contribution in [0.15, 0.2) is 66.7 Å². The standard InChI is InChI=1S/C26H26O2/c1-24(2)17-11-6-8-13-19(17)26(21-15-10-16-22(27-5)23(21)24)20-14-9-7-12-18(20)25(3,4)28-26/h6-16H,1-5H3. The van der Waals surface area contributed by atoms with Gasteiger partial charge in [-0.25, -0.2) is 0 Å². The van der Waals surface area contributed by atoms with Crippen LogP contribution in [0.4, 0.5) is 0 Å². The Bertz CT molecular complexity index is 1090. The molecule has 1 atom stereocenters. The maximum Gasteiger partial charge on any atom is 0.146 e. The topological polar surface area (TPSA) is 18.5 Å². The zero-order chi connectivity index (χ0) is 19.7. The summed E-state index contributed by atoms with van der Waals surface area (Å²) in [5, 5.41) is 0. The maximum atomic E-state index is 7.04. The lowest BCUT2D eigenvalue weighted by Crippen LogP contribution is -2.42. The summed E-state index contributed by atoms with van der Waals surface area (Å²) in [4.78, 5) is 0. The molecule has 2 aliphatic rings. The highest BCUT2D eigenvalue weighted by molar-refractivity contribution is 5.68. The molecule has 0 aromatic heterocycles. The van der Waals surface area contributed by atoms with E-state index in [1.165, 1.54) is 33.4 Å². The van der Waals surface area contributed by atoms with Crippen LogP contribution >= 0.6 is 0 Å². The first-order chi connectivity index (χ1) is 13.3.